The molecule has 0 saturated heterocycles. The Morgan fingerprint density at radius 1 is 0.976 bits per heavy atom. The van der Waals surface area contributed by atoms with Gasteiger partial charge in [0.2, 0.25) is 0 Å². The van der Waals surface area contributed by atoms with Gasteiger partial charge in [-0.05, 0) is 61.7 Å². The van der Waals surface area contributed by atoms with Crippen LogP contribution in [0.3, 0.4) is 0 Å². The van der Waals surface area contributed by atoms with Crippen molar-refractivity contribution in [3.63, 3.8) is 0 Å². The summed E-state index contributed by atoms with van der Waals surface area (Å²) in [4.78, 5) is 32.3. The Morgan fingerprint density at radius 2 is 1.68 bits per heavy atom. The number of unbranched alkanes of at least 4 members (excludes halogenated alkanes) is 2. The van der Waals surface area contributed by atoms with Crippen molar-refractivity contribution in [1.82, 2.24) is 4.57 Å². The molecule has 1 aliphatic heterocycles. The highest BCUT2D eigenvalue weighted by atomic mass is 32.1. The molecule has 0 radical (unpaired) electrons. The molecule has 0 saturated carbocycles. The van der Waals surface area contributed by atoms with Crippen molar-refractivity contribution in [1.29, 1.82) is 0 Å². The van der Waals surface area contributed by atoms with Crippen LogP contribution in [-0.2, 0) is 9.53 Å². The van der Waals surface area contributed by atoms with Crippen molar-refractivity contribution in [2.45, 2.75) is 46.1 Å². The van der Waals surface area contributed by atoms with E-state index in [1.165, 1.54) is 11.3 Å². The number of carbonyl (C=O) groups excluding carboxylic acids is 1. The zero-order chi connectivity index (χ0) is 29.5. The van der Waals surface area contributed by atoms with Crippen molar-refractivity contribution >= 4 is 23.4 Å². The maximum absolute atomic E-state index is 13.9. The summed E-state index contributed by atoms with van der Waals surface area (Å²) in [6.07, 6.45) is 4.89. The molecule has 1 aliphatic rings. The first-order valence-electron chi connectivity index (χ1n) is 13.6. The van der Waals surface area contributed by atoms with Gasteiger partial charge >= 0.3 is 5.97 Å². The lowest BCUT2D eigenvalue weighted by Crippen LogP contribution is -2.40. The van der Waals surface area contributed by atoms with E-state index >= 15 is 0 Å². The lowest BCUT2D eigenvalue weighted by atomic mass is 9.95. The normalized spacial score (nSPS) is 14.8. The third kappa shape index (κ3) is 6.32. The molecule has 1 atom stereocenters. The van der Waals surface area contributed by atoms with Gasteiger partial charge in [-0.15, -0.1) is 0 Å². The summed E-state index contributed by atoms with van der Waals surface area (Å²) >= 11 is 1.25. The van der Waals surface area contributed by atoms with Crippen LogP contribution in [0, 0.1) is 0 Å². The summed E-state index contributed by atoms with van der Waals surface area (Å²) in [6, 6.07) is 10.1. The summed E-state index contributed by atoms with van der Waals surface area (Å²) in [5.41, 5.74) is 1.96. The van der Waals surface area contributed by atoms with Gasteiger partial charge in [-0.2, -0.15) is 0 Å². The number of ether oxygens (including phenoxy) is 5. The van der Waals surface area contributed by atoms with Crippen molar-refractivity contribution in [3.8, 4) is 23.0 Å². The average Bonchev–Trinajstić information content (AvgIpc) is 3.28. The van der Waals surface area contributed by atoms with Gasteiger partial charge in [0.25, 0.3) is 5.56 Å². The van der Waals surface area contributed by atoms with Crippen LogP contribution in [0.15, 0.2) is 57.5 Å². The summed E-state index contributed by atoms with van der Waals surface area (Å²) in [5.74, 6) is 1.74. The number of hydrogen-bond donors (Lipinski definition) is 0. The number of rotatable bonds is 12. The van der Waals surface area contributed by atoms with Crippen LogP contribution in [0.1, 0.15) is 57.2 Å². The first kappa shape index (κ1) is 29.9. The highest BCUT2D eigenvalue weighted by Gasteiger charge is 2.34. The molecule has 4 rings (SSSR count). The number of esters is 1. The minimum Gasteiger partial charge on any atom is -0.493 e. The van der Waals surface area contributed by atoms with Crippen LogP contribution in [0.5, 0.6) is 23.0 Å². The average molecular weight is 581 g/mol. The molecule has 3 aromatic rings. The number of benzene rings is 2. The van der Waals surface area contributed by atoms with E-state index in [1.54, 1.807) is 58.0 Å². The summed E-state index contributed by atoms with van der Waals surface area (Å²) in [6.45, 7) is 6.41. The predicted molar refractivity (Wildman–Crippen MR) is 158 cm³/mol. The van der Waals surface area contributed by atoms with Crippen LogP contribution >= 0.6 is 11.3 Å². The molecule has 0 amide bonds. The van der Waals surface area contributed by atoms with E-state index in [1.807, 2.05) is 24.3 Å². The van der Waals surface area contributed by atoms with E-state index in [0.717, 1.165) is 24.8 Å². The van der Waals surface area contributed by atoms with E-state index in [2.05, 4.69) is 11.9 Å². The molecule has 0 aliphatic carbocycles. The van der Waals surface area contributed by atoms with Gasteiger partial charge in [-0.3, -0.25) is 9.36 Å². The minimum absolute atomic E-state index is 0.194. The van der Waals surface area contributed by atoms with Gasteiger partial charge < -0.3 is 23.7 Å². The second-order valence-electron chi connectivity index (χ2n) is 9.38. The van der Waals surface area contributed by atoms with Gasteiger partial charge in [-0.1, -0.05) is 43.2 Å². The first-order valence-corrected chi connectivity index (χ1v) is 14.4. The zero-order valence-corrected chi connectivity index (χ0v) is 25.1. The van der Waals surface area contributed by atoms with Crippen molar-refractivity contribution < 1.29 is 28.5 Å². The highest BCUT2D eigenvalue weighted by Crippen LogP contribution is 2.36. The van der Waals surface area contributed by atoms with Crippen LogP contribution in [0.4, 0.5) is 0 Å². The second kappa shape index (κ2) is 13.5. The van der Waals surface area contributed by atoms with E-state index in [-0.39, 0.29) is 12.2 Å². The smallest absolute Gasteiger partial charge is 0.338 e. The molecule has 41 heavy (non-hydrogen) atoms. The summed E-state index contributed by atoms with van der Waals surface area (Å²) in [5, 5.41) is 0. The van der Waals surface area contributed by atoms with Crippen LogP contribution in [0.25, 0.3) is 6.08 Å². The van der Waals surface area contributed by atoms with Crippen molar-refractivity contribution in [3.05, 3.63) is 78.5 Å². The maximum atomic E-state index is 13.9. The Kier molecular flexibility index (Phi) is 9.88. The van der Waals surface area contributed by atoms with Crippen molar-refractivity contribution in [2.24, 2.45) is 4.99 Å². The van der Waals surface area contributed by atoms with Gasteiger partial charge in [0, 0.05) is 0 Å². The molecular formula is C31H36N2O7S. The third-order valence-corrected chi connectivity index (χ3v) is 7.71. The minimum atomic E-state index is -0.763. The fraction of sp³-hybridized carbons (Fsp3) is 0.387. The molecular weight excluding hydrogens is 544 g/mol. The molecule has 2 heterocycles. The summed E-state index contributed by atoms with van der Waals surface area (Å²) in [7, 11) is 4.70. The second-order valence-corrected chi connectivity index (χ2v) is 10.4. The van der Waals surface area contributed by atoms with Gasteiger partial charge in [-0.25, -0.2) is 9.79 Å². The van der Waals surface area contributed by atoms with Gasteiger partial charge in [0.05, 0.1) is 56.4 Å². The number of nitrogens with zero attached hydrogens (tertiary/aromatic N) is 2. The fourth-order valence-corrected chi connectivity index (χ4v) is 5.76. The number of aromatic nitrogens is 1. The zero-order valence-electron chi connectivity index (χ0n) is 24.3. The first-order chi connectivity index (χ1) is 19.9. The molecule has 2 aromatic carbocycles. The Balaban J connectivity index is 1.85. The lowest BCUT2D eigenvalue weighted by molar-refractivity contribution is -0.139. The van der Waals surface area contributed by atoms with Crippen LogP contribution in [0.2, 0.25) is 0 Å². The number of carbonyl (C=O) groups is 1. The molecule has 218 valence electrons. The van der Waals surface area contributed by atoms with E-state index in [0.29, 0.717) is 55.8 Å². The van der Waals surface area contributed by atoms with Gasteiger partial charge in [0.15, 0.2) is 27.8 Å². The Labute approximate surface area is 243 Å². The van der Waals surface area contributed by atoms with Crippen LogP contribution < -0.4 is 33.8 Å². The monoisotopic (exact) mass is 580 g/mol. The lowest BCUT2D eigenvalue weighted by Gasteiger charge is -2.25. The van der Waals surface area contributed by atoms with Crippen LogP contribution in [-0.4, -0.2) is 45.1 Å². The number of methoxy groups -OCH3 is 3. The molecule has 1 unspecified atom stereocenters. The topological polar surface area (TPSA) is 97.6 Å². The van der Waals surface area contributed by atoms with E-state index in [9.17, 15) is 9.59 Å². The number of fused-ring (bicyclic) bond motifs is 1. The molecule has 0 fully saturated rings. The third-order valence-electron chi connectivity index (χ3n) is 6.73. The number of allylic oxidation sites excluding steroid dienone is 1. The van der Waals surface area contributed by atoms with Gasteiger partial charge in [0.1, 0.15) is 0 Å². The summed E-state index contributed by atoms with van der Waals surface area (Å²) < 4.78 is 29.8. The molecule has 0 spiro atoms. The molecule has 10 heteroatoms. The molecule has 9 nitrogen and oxygen atoms in total. The Hall–Kier alpha value is -4.05. The molecule has 0 bridgehead atoms. The largest absolute Gasteiger partial charge is 0.493 e. The molecule has 1 aromatic heterocycles. The Morgan fingerprint density at radius 3 is 2.37 bits per heavy atom. The molecule has 0 N–H and O–H groups in total. The van der Waals surface area contributed by atoms with E-state index in [4.69, 9.17) is 23.7 Å². The van der Waals surface area contributed by atoms with E-state index < -0.39 is 12.0 Å². The number of thiazole rings is 1. The predicted octanol–water partition coefficient (Wildman–Crippen LogP) is 4.39. The standard InChI is InChI=1S/C31H36N2O7S/c1-7-9-10-15-40-23-14-12-21(18-25(23)38-6)28-27(30(35)39-8-2)19(3)32-31-33(28)29(34)26(41-31)17-20-11-13-22(36-4)24(16-20)37-5/h11-14,16-18,28H,7-10,15H2,1-6H3. The maximum Gasteiger partial charge on any atom is 0.338 e. The quantitative estimate of drug-likeness (QED) is 0.232. The fourth-order valence-electron chi connectivity index (χ4n) is 4.71. The SMILES string of the molecule is CCCCCOc1ccc(C2C(C(=O)OCC)=C(C)N=c3sc(=Cc4ccc(OC)c(OC)c4)c(=O)n32)cc1OC. The Bertz CT molecular complexity index is 1620. The number of hydrogen-bond acceptors (Lipinski definition) is 9. The van der Waals surface area contributed by atoms with Crippen molar-refractivity contribution in [2.75, 3.05) is 34.5 Å². The highest BCUT2D eigenvalue weighted by molar-refractivity contribution is 7.07.